The van der Waals surface area contributed by atoms with E-state index < -0.39 is 0 Å². The van der Waals surface area contributed by atoms with Gasteiger partial charge in [0.05, 0.1) is 0 Å². The summed E-state index contributed by atoms with van der Waals surface area (Å²) in [6.07, 6.45) is 4.79. The Labute approximate surface area is 43.3 Å². The average Bonchev–Trinajstić information content (AvgIpc) is 1.69. The van der Waals surface area contributed by atoms with Crippen molar-refractivity contribution in [3.8, 4) is 0 Å². The molecular weight excluding hydrogens is 88.1 g/mol. The lowest BCUT2D eigenvalue weighted by molar-refractivity contribution is 1.49. The zero-order valence-electron chi connectivity index (χ0n) is 4.33. The molecule has 0 radical (unpaired) electrons. The largest absolute Gasteiger partial charge is 0.271 e. The highest BCUT2D eigenvalue weighted by Crippen LogP contribution is 1.70. The van der Waals surface area contributed by atoms with E-state index in [1.807, 2.05) is 6.92 Å². The molecule has 0 saturated heterocycles. The van der Waals surface area contributed by atoms with E-state index in [0.717, 1.165) is 0 Å². The molecule has 0 amide bonds. The number of hydrogen-bond acceptors (Lipinski definition) is 2. The van der Waals surface area contributed by atoms with Crippen molar-refractivity contribution >= 4 is 12.9 Å². The van der Waals surface area contributed by atoms with Crippen LogP contribution in [0.1, 0.15) is 6.92 Å². The third kappa shape index (κ3) is 5.08. The van der Waals surface area contributed by atoms with Gasteiger partial charge < -0.3 is 0 Å². The Morgan fingerprint density at radius 3 is 2.57 bits per heavy atom. The molecule has 0 aromatic heterocycles. The number of hydrogen-bond donors (Lipinski definition) is 0. The van der Waals surface area contributed by atoms with Crippen LogP contribution in [0.25, 0.3) is 0 Å². The van der Waals surface area contributed by atoms with Gasteiger partial charge in [0.1, 0.15) is 0 Å². The van der Waals surface area contributed by atoms with Crippen molar-refractivity contribution < 1.29 is 0 Å². The van der Waals surface area contributed by atoms with Crippen molar-refractivity contribution in [2.24, 2.45) is 9.98 Å². The second kappa shape index (κ2) is 5.08. The standard InChI is InChI=1S/C5H8N2/c1-3-7-5-4-6-2/h3-5H,2H2,1H3/b5-4-,7-3-. The molecule has 0 aliphatic rings. The van der Waals surface area contributed by atoms with E-state index in [4.69, 9.17) is 0 Å². The highest BCUT2D eigenvalue weighted by atomic mass is 14.7. The van der Waals surface area contributed by atoms with E-state index in [2.05, 4.69) is 16.7 Å². The minimum atomic E-state index is 1.53. The van der Waals surface area contributed by atoms with Crippen LogP contribution in [0, 0.1) is 0 Å². The molecule has 0 unspecified atom stereocenters. The quantitative estimate of drug-likeness (QED) is 0.462. The molecule has 2 nitrogen and oxygen atoms in total. The summed E-state index contributed by atoms with van der Waals surface area (Å²) in [5.74, 6) is 0. The minimum Gasteiger partial charge on any atom is -0.271 e. The van der Waals surface area contributed by atoms with Crippen LogP contribution < -0.4 is 0 Å². The number of rotatable bonds is 2. The van der Waals surface area contributed by atoms with E-state index in [1.165, 1.54) is 6.20 Å². The molecule has 2 heteroatoms. The maximum atomic E-state index is 3.72. The highest BCUT2D eigenvalue weighted by Gasteiger charge is 1.52. The molecule has 0 heterocycles. The zero-order chi connectivity index (χ0) is 5.54. The van der Waals surface area contributed by atoms with Crippen molar-refractivity contribution in [3.05, 3.63) is 12.4 Å². The molecule has 0 bridgehead atoms. The van der Waals surface area contributed by atoms with Gasteiger partial charge in [-0.2, -0.15) is 0 Å². The predicted molar refractivity (Wildman–Crippen MR) is 32.9 cm³/mol. The fourth-order valence-electron chi connectivity index (χ4n) is 0.172. The molecule has 0 aliphatic heterocycles. The van der Waals surface area contributed by atoms with Gasteiger partial charge in [0.2, 0.25) is 0 Å². The SMILES string of the molecule is C=N/C=C\N=C/C. The van der Waals surface area contributed by atoms with Crippen LogP contribution >= 0.6 is 0 Å². The van der Waals surface area contributed by atoms with E-state index in [-0.39, 0.29) is 0 Å². The van der Waals surface area contributed by atoms with Crippen molar-refractivity contribution in [1.29, 1.82) is 0 Å². The molecule has 0 fully saturated rings. The van der Waals surface area contributed by atoms with Crippen LogP contribution in [-0.2, 0) is 0 Å². The Morgan fingerprint density at radius 1 is 1.43 bits per heavy atom. The Kier molecular flexibility index (Phi) is 4.41. The summed E-state index contributed by atoms with van der Waals surface area (Å²) in [6, 6.07) is 0. The van der Waals surface area contributed by atoms with Crippen molar-refractivity contribution in [1.82, 2.24) is 0 Å². The van der Waals surface area contributed by atoms with Crippen LogP contribution in [0.2, 0.25) is 0 Å². The summed E-state index contributed by atoms with van der Waals surface area (Å²) < 4.78 is 0. The van der Waals surface area contributed by atoms with E-state index in [9.17, 15) is 0 Å². The molecule has 0 N–H and O–H groups in total. The van der Waals surface area contributed by atoms with Gasteiger partial charge in [-0.15, -0.1) is 0 Å². The van der Waals surface area contributed by atoms with Gasteiger partial charge in [0.25, 0.3) is 0 Å². The van der Waals surface area contributed by atoms with Gasteiger partial charge in [-0.1, -0.05) is 0 Å². The van der Waals surface area contributed by atoms with Gasteiger partial charge >= 0.3 is 0 Å². The smallest absolute Gasteiger partial charge is 0.0446 e. The monoisotopic (exact) mass is 96.1 g/mol. The van der Waals surface area contributed by atoms with Crippen LogP contribution in [0.3, 0.4) is 0 Å². The van der Waals surface area contributed by atoms with Crippen LogP contribution in [-0.4, -0.2) is 12.9 Å². The third-order valence-corrected chi connectivity index (χ3v) is 0.407. The van der Waals surface area contributed by atoms with Crippen LogP contribution in [0.15, 0.2) is 22.4 Å². The fraction of sp³-hybridized carbons (Fsp3) is 0.200. The summed E-state index contributed by atoms with van der Waals surface area (Å²) >= 11 is 0. The average molecular weight is 96.1 g/mol. The molecule has 0 aliphatic carbocycles. The molecule has 0 rings (SSSR count). The summed E-state index contributed by atoms with van der Waals surface area (Å²) in [4.78, 5) is 7.15. The first-order valence-electron chi connectivity index (χ1n) is 2.00. The van der Waals surface area contributed by atoms with Gasteiger partial charge in [-0.05, 0) is 13.6 Å². The topological polar surface area (TPSA) is 24.7 Å². The minimum absolute atomic E-state index is 1.53. The Hall–Kier alpha value is -0.920. The van der Waals surface area contributed by atoms with Crippen molar-refractivity contribution in [3.63, 3.8) is 0 Å². The van der Waals surface area contributed by atoms with Gasteiger partial charge in [0.15, 0.2) is 0 Å². The summed E-state index contributed by atoms with van der Waals surface area (Å²) in [5, 5.41) is 0. The fourth-order valence-corrected chi connectivity index (χ4v) is 0.172. The second-order valence-electron chi connectivity index (χ2n) is 0.888. The predicted octanol–water partition coefficient (Wildman–Crippen LogP) is 1.25. The lowest BCUT2D eigenvalue weighted by Gasteiger charge is -1.66. The van der Waals surface area contributed by atoms with Crippen LogP contribution in [0.5, 0.6) is 0 Å². The molecule has 0 aromatic rings. The number of nitrogens with zero attached hydrogens (tertiary/aromatic N) is 2. The molecular formula is C5H8N2. The summed E-state index contributed by atoms with van der Waals surface area (Å²) in [5.41, 5.74) is 0. The van der Waals surface area contributed by atoms with Gasteiger partial charge in [0, 0.05) is 18.6 Å². The molecule has 38 valence electrons. The van der Waals surface area contributed by atoms with Gasteiger partial charge in [-0.3, -0.25) is 9.98 Å². The second-order valence-corrected chi connectivity index (χ2v) is 0.888. The third-order valence-electron chi connectivity index (χ3n) is 0.407. The van der Waals surface area contributed by atoms with E-state index >= 15 is 0 Å². The molecule has 7 heavy (non-hydrogen) atoms. The maximum Gasteiger partial charge on any atom is 0.0446 e. The first kappa shape index (κ1) is 6.08. The van der Waals surface area contributed by atoms with Crippen molar-refractivity contribution in [2.75, 3.05) is 0 Å². The summed E-state index contributed by atoms with van der Waals surface area (Å²) in [6.45, 7) is 5.06. The van der Waals surface area contributed by atoms with E-state index in [0.29, 0.717) is 0 Å². The lowest BCUT2D eigenvalue weighted by Crippen LogP contribution is -1.51. The Morgan fingerprint density at radius 2 is 2.14 bits per heavy atom. The zero-order valence-corrected chi connectivity index (χ0v) is 4.33. The molecule has 0 spiro atoms. The maximum absolute atomic E-state index is 3.72. The Bertz CT molecular complexity index is 92.3. The first-order valence-corrected chi connectivity index (χ1v) is 2.00. The van der Waals surface area contributed by atoms with Crippen LogP contribution in [0.4, 0.5) is 0 Å². The highest BCUT2D eigenvalue weighted by molar-refractivity contribution is 5.54. The molecule has 0 atom stereocenters. The number of aliphatic imine (C=N–C) groups is 2. The summed E-state index contributed by atoms with van der Waals surface area (Å²) in [7, 11) is 0. The van der Waals surface area contributed by atoms with Gasteiger partial charge in [-0.25, -0.2) is 0 Å². The van der Waals surface area contributed by atoms with E-state index in [1.54, 1.807) is 12.4 Å². The molecule has 0 aromatic carbocycles. The molecule has 0 saturated carbocycles. The first-order chi connectivity index (χ1) is 3.41. The van der Waals surface area contributed by atoms with Crippen molar-refractivity contribution in [2.45, 2.75) is 6.92 Å². The normalized spacial score (nSPS) is 11.0. The lowest BCUT2D eigenvalue weighted by atomic mass is 10.8. The Balaban J connectivity index is 3.27.